The molecule has 1 aliphatic heterocycles. The van der Waals surface area contributed by atoms with Gasteiger partial charge in [-0.1, -0.05) is 43.8 Å². The molecule has 1 aromatic rings. The van der Waals surface area contributed by atoms with Gasteiger partial charge in [0.15, 0.2) is 5.78 Å². The minimum atomic E-state index is -1.62. The van der Waals surface area contributed by atoms with E-state index in [0.29, 0.717) is 16.7 Å². The number of carbonyl (C=O) groups is 2. The molecule has 1 heterocycles. The Kier molecular flexibility index (Phi) is 5.11. The van der Waals surface area contributed by atoms with Crippen LogP contribution in [0.3, 0.4) is 0 Å². The van der Waals surface area contributed by atoms with Gasteiger partial charge in [-0.25, -0.2) is 0 Å². The number of ketones is 1. The highest BCUT2D eigenvalue weighted by atomic mass is 28.3. The minimum absolute atomic E-state index is 0.00526. The van der Waals surface area contributed by atoms with Crippen molar-refractivity contribution in [3.63, 3.8) is 0 Å². The lowest BCUT2D eigenvalue weighted by Crippen LogP contribution is -2.44. The van der Waals surface area contributed by atoms with Gasteiger partial charge < -0.3 is 10.6 Å². The number of nitrogens with one attached hydrogen (secondary N) is 2. The number of amides is 1. The van der Waals surface area contributed by atoms with E-state index in [2.05, 4.69) is 41.7 Å². The van der Waals surface area contributed by atoms with Gasteiger partial charge in [0.25, 0.3) is 0 Å². The maximum atomic E-state index is 13.0. The zero-order valence-electron chi connectivity index (χ0n) is 17.4. The Labute approximate surface area is 168 Å². The van der Waals surface area contributed by atoms with Crippen LogP contribution in [0.15, 0.2) is 47.6 Å². The van der Waals surface area contributed by atoms with Crippen molar-refractivity contribution in [1.82, 2.24) is 5.32 Å². The predicted molar refractivity (Wildman–Crippen MR) is 117 cm³/mol. The summed E-state index contributed by atoms with van der Waals surface area (Å²) in [4.78, 5) is 26.0. The van der Waals surface area contributed by atoms with E-state index in [1.54, 1.807) is 0 Å². The predicted octanol–water partition coefficient (Wildman–Crippen LogP) is 3.94. The van der Waals surface area contributed by atoms with Crippen LogP contribution in [-0.4, -0.2) is 31.3 Å². The number of anilines is 1. The van der Waals surface area contributed by atoms with Crippen LogP contribution in [0.2, 0.25) is 19.6 Å². The number of hydrogen-bond donors (Lipinski definition) is 2. The van der Waals surface area contributed by atoms with Crippen molar-refractivity contribution in [2.75, 3.05) is 5.32 Å². The van der Waals surface area contributed by atoms with Gasteiger partial charge >= 0.3 is 0 Å². The molecule has 0 fully saturated rings. The second kappa shape index (κ2) is 7.10. The molecular formula is C23H28N2O2Si. The van der Waals surface area contributed by atoms with E-state index in [-0.39, 0.29) is 29.2 Å². The van der Waals surface area contributed by atoms with E-state index in [4.69, 9.17) is 0 Å². The van der Waals surface area contributed by atoms with Crippen LogP contribution >= 0.6 is 0 Å². The summed E-state index contributed by atoms with van der Waals surface area (Å²) in [7, 11) is -1.62. The van der Waals surface area contributed by atoms with Crippen LogP contribution < -0.4 is 10.6 Å². The molecule has 2 unspecified atom stereocenters. The molecule has 4 nitrogen and oxygen atoms in total. The molecule has 0 aromatic heterocycles. The summed E-state index contributed by atoms with van der Waals surface area (Å²) in [6.45, 7) is 12.4. The maximum Gasteiger partial charge on any atom is 0.248 e. The molecule has 0 bridgehead atoms. The van der Waals surface area contributed by atoms with Gasteiger partial charge in [0, 0.05) is 27.9 Å². The zero-order valence-corrected chi connectivity index (χ0v) is 18.4. The molecule has 0 saturated heterocycles. The van der Waals surface area contributed by atoms with Crippen LogP contribution in [0.4, 0.5) is 5.69 Å². The van der Waals surface area contributed by atoms with Gasteiger partial charge in [0.1, 0.15) is 8.07 Å². The van der Waals surface area contributed by atoms with Crippen molar-refractivity contribution in [2.24, 2.45) is 5.92 Å². The SMILES string of the molecule is CC(C)(C)NC(=O)C1=CC2Nc3ccccc3C(=O)C2=CC1C#C[Si](C)(C)C. The first-order valence-corrected chi connectivity index (χ1v) is 13.1. The average molecular weight is 393 g/mol. The number of carbonyl (C=O) groups excluding carboxylic acids is 2. The summed E-state index contributed by atoms with van der Waals surface area (Å²) in [6, 6.07) is 7.17. The smallest absolute Gasteiger partial charge is 0.248 e. The van der Waals surface area contributed by atoms with Crippen molar-refractivity contribution >= 4 is 25.5 Å². The Morgan fingerprint density at radius 3 is 2.46 bits per heavy atom. The van der Waals surface area contributed by atoms with E-state index >= 15 is 0 Å². The summed E-state index contributed by atoms with van der Waals surface area (Å²) < 4.78 is 0. The van der Waals surface area contributed by atoms with Gasteiger partial charge in [-0.15, -0.1) is 5.54 Å². The number of hydrogen-bond acceptors (Lipinski definition) is 3. The molecule has 2 aliphatic rings. The Morgan fingerprint density at radius 1 is 1.14 bits per heavy atom. The Balaban J connectivity index is 2.05. The fourth-order valence-electron chi connectivity index (χ4n) is 3.26. The number of allylic oxidation sites excluding steroid dienone is 1. The highest BCUT2D eigenvalue weighted by molar-refractivity contribution is 6.83. The van der Waals surface area contributed by atoms with Crippen LogP contribution in [-0.2, 0) is 4.79 Å². The van der Waals surface area contributed by atoms with Crippen LogP contribution in [0.25, 0.3) is 0 Å². The van der Waals surface area contributed by atoms with Gasteiger partial charge in [-0.05, 0) is 39.0 Å². The lowest BCUT2D eigenvalue weighted by atomic mass is 9.81. The van der Waals surface area contributed by atoms with Gasteiger partial charge in [-0.3, -0.25) is 9.59 Å². The molecule has 2 N–H and O–H groups in total. The quantitative estimate of drug-likeness (QED) is 0.562. The number of para-hydroxylation sites is 1. The summed E-state index contributed by atoms with van der Waals surface area (Å²) in [6.07, 6.45) is 3.74. The van der Waals surface area contributed by atoms with E-state index < -0.39 is 8.07 Å². The molecule has 0 saturated carbocycles. The molecule has 0 radical (unpaired) electrons. The third-order valence-electron chi connectivity index (χ3n) is 4.46. The largest absolute Gasteiger partial charge is 0.374 e. The standard InChI is InChI=1S/C23H28N2O2Si/c1-23(2,3)25-22(27)17-14-20-18(13-15(17)11-12-28(4,5)6)21(26)16-9-7-8-10-19(16)24-20/h7-10,13-15,20,24H,1-6H3,(H,25,27). The van der Waals surface area contributed by atoms with E-state index in [9.17, 15) is 9.59 Å². The Hall–Kier alpha value is -2.58. The first-order chi connectivity index (χ1) is 12.9. The second-order valence-corrected chi connectivity index (χ2v) is 14.2. The van der Waals surface area contributed by atoms with E-state index in [1.165, 1.54) is 0 Å². The number of fused-ring (bicyclic) bond motifs is 2. The molecular weight excluding hydrogens is 364 g/mol. The Bertz CT molecular complexity index is 949. The maximum absolute atomic E-state index is 13.0. The fraction of sp³-hybridized carbons (Fsp3) is 0.391. The number of Topliss-reactive ketones (excluding diaryl/α,β-unsaturated/α-hetero) is 1. The Morgan fingerprint density at radius 2 is 1.82 bits per heavy atom. The van der Waals surface area contributed by atoms with Crippen molar-refractivity contribution in [2.45, 2.75) is 52.0 Å². The molecule has 28 heavy (non-hydrogen) atoms. The molecule has 1 aliphatic carbocycles. The van der Waals surface area contributed by atoms with Crippen molar-refractivity contribution in [3.05, 3.63) is 53.1 Å². The van der Waals surface area contributed by atoms with E-state index in [0.717, 1.165) is 5.69 Å². The summed E-state index contributed by atoms with van der Waals surface area (Å²) in [5.74, 6) is 2.78. The number of benzene rings is 1. The highest BCUT2D eigenvalue weighted by Gasteiger charge is 2.35. The summed E-state index contributed by atoms with van der Waals surface area (Å²) in [5.41, 5.74) is 5.75. The zero-order chi connectivity index (χ0) is 20.7. The third kappa shape index (κ3) is 4.45. The van der Waals surface area contributed by atoms with Gasteiger partial charge in [-0.2, -0.15) is 0 Å². The highest BCUT2D eigenvalue weighted by Crippen LogP contribution is 2.34. The summed E-state index contributed by atoms with van der Waals surface area (Å²) >= 11 is 0. The molecule has 3 rings (SSSR count). The third-order valence-corrected chi connectivity index (χ3v) is 5.36. The first kappa shape index (κ1) is 20.2. The minimum Gasteiger partial charge on any atom is -0.374 e. The average Bonchev–Trinajstić information content (AvgIpc) is 2.57. The molecule has 2 atom stereocenters. The first-order valence-electron chi connectivity index (χ1n) is 9.63. The van der Waals surface area contributed by atoms with E-state index in [1.807, 2.05) is 57.2 Å². The monoisotopic (exact) mass is 392 g/mol. The lowest BCUT2D eigenvalue weighted by Gasteiger charge is -2.32. The van der Waals surface area contributed by atoms with Crippen LogP contribution in [0, 0.1) is 17.4 Å². The molecule has 1 aromatic carbocycles. The fourth-order valence-corrected chi connectivity index (χ4v) is 3.84. The van der Waals surface area contributed by atoms with Crippen LogP contribution in [0.5, 0.6) is 0 Å². The molecule has 0 spiro atoms. The summed E-state index contributed by atoms with van der Waals surface area (Å²) in [5, 5.41) is 6.42. The number of rotatable bonds is 1. The molecule has 146 valence electrons. The van der Waals surface area contributed by atoms with Crippen molar-refractivity contribution in [3.8, 4) is 11.5 Å². The lowest BCUT2D eigenvalue weighted by molar-refractivity contribution is -0.119. The molecule has 1 amide bonds. The van der Waals surface area contributed by atoms with Gasteiger partial charge in [0.05, 0.1) is 12.0 Å². The van der Waals surface area contributed by atoms with Crippen molar-refractivity contribution in [1.29, 1.82) is 0 Å². The van der Waals surface area contributed by atoms with Crippen molar-refractivity contribution < 1.29 is 9.59 Å². The normalized spacial score (nSPS) is 21.1. The molecule has 5 heteroatoms. The van der Waals surface area contributed by atoms with Gasteiger partial charge in [0.2, 0.25) is 5.91 Å². The van der Waals surface area contributed by atoms with Crippen LogP contribution in [0.1, 0.15) is 31.1 Å². The second-order valence-electron chi connectivity index (χ2n) is 9.44. The topological polar surface area (TPSA) is 58.2 Å².